The van der Waals surface area contributed by atoms with Crippen LogP contribution in [0, 0.1) is 0 Å². The second kappa shape index (κ2) is 10.5. The van der Waals surface area contributed by atoms with Crippen LogP contribution in [0.25, 0.3) is 0 Å². The van der Waals surface area contributed by atoms with E-state index in [4.69, 9.17) is 9.47 Å². The Bertz CT molecular complexity index is 1340. The summed E-state index contributed by atoms with van der Waals surface area (Å²) in [5.74, 6) is 1.13. The Balaban J connectivity index is 1.34. The molecule has 4 aromatic carbocycles. The van der Waals surface area contributed by atoms with E-state index in [0.717, 1.165) is 0 Å². The smallest absolute Gasteiger partial charge is 0.262 e. The normalized spacial score (nSPS) is 10.8. The monoisotopic (exact) mass is 474 g/mol. The van der Waals surface area contributed by atoms with Crippen molar-refractivity contribution >= 4 is 27.3 Å². The van der Waals surface area contributed by atoms with Gasteiger partial charge in [0.15, 0.2) is 12.4 Å². The van der Waals surface area contributed by atoms with Crippen molar-refractivity contribution in [2.75, 3.05) is 16.6 Å². The van der Waals surface area contributed by atoms with E-state index in [1.54, 1.807) is 48.5 Å². The van der Waals surface area contributed by atoms with Crippen LogP contribution in [0.15, 0.2) is 114 Å². The van der Waals surface area contributed by atoms with Crippen molar-refractivity contribution in [3.8, 4) is 17.2 Å². The van der Waals surface area contributed by atoms with E-state index >= 15 is 0 Å². The van der Waals surface area contributed by atoms with E-state index in [1.165, 1.54) is 24.3 Å². The van der Waals surface area contributed by atoms with Crippen molar-refractivity contribution in [1.29, 1.82) is 0 Å². The van der Waals surface area contributed by atoms with Crippen molar-refractivity contribution in [3.05, 3.63) is 109 Å². The number of anilines is 2. The molecule has 4 rings (SSSR count). The molecular weight excluding hydrogens is 452 g/mol. The van der Waals surface area contributed by atoms with Crippen LogP contribution in [-0.2, 0) is 14.8 Å². The van der Waals surface area contributed by atoms with Crippen LogP contribution < -0.4 is 19.5 Å². The lowest BCUT2D eigenvalue weighted by molar-refractivity contribution is -0.118. The number of ether oxygens (including phenoxy) is 2. The van der Waals surface area contributed by atoms with Crippen LogP contribution >= 0.6 is 0 Å². The fourth-order valence-corrected chi connectivity index (χ4v) is 4.10. The number of sulfonamides is 1. The Labute approximate surface area is 198 Å². The third kappa shape index (κ3) is 6.14. The number of hydrogen-bond acceptors (Lipinski definition) is 5. The molecule has 0 atom stereocenters. The topological polar surface area (TPSA) is 93.7 Å². The fraction of sp³-hybridized carbons (Fsp3) is 0.0385. The molecule has 0 saturated carbocycles. The molecule has 34 heavy (non-hydrogen) atoms. The lowest BCUT2D eigenvalue weighted by Crippen LogP contribution is -2.20. The number of nitrogens with one attached hydrogen (secondary N) is 2. The molecule has 0 unspecified atom stereocenters. The summed E-state index contributed by atoms with van der Waals surface area (Å²) in [5, 5.41) is 2.77. The summed E-state index contributed by atoms with van der Waals surface area (Å²) in [6.45, 7) is -0.256. The number of amides is 1. The van der Waals surface area contributed by atoms with Crippen molar-refractivity contribution in [2.24, 2.45) is 0 Å². The van der Waals surface area contributed by atoms with E-state index in [1.807, 2.05) is 36.4 Å². The minimum atomic E-state index is -3.73. The van der Waals surface area contributed by atoms with Gasteiger partial charge in [0.1, 0.15) is 11.5 Å². The molecule has 2 N–H and O–H groups in total. The standard InChI is InChI=1S/C26H22N2O5S/c29-26(27-24-13-7-8-14-25(24)33-22-11-5-2-6-12-22)19-32-21-15-17-23(18-16-21)34(30,31)28-20-9-3-1-4-10-20/h1-18,28H,19H2,(H,27,29). The molecule has 0 aliphatic rings. The van der Waals surface area contributed by atoms with Crippen LogP contribution in [-0.4, -0.2) is 20.9 Å². The summed E-state index contributed by atoms with van der Waals surface area (Å²) in [5.41, 5.74) is 0.976. The average molecular weight is 475 g/mol. The molecule has 4 aromatic rings. The Hall–Kier alpha value is -4.30. The molecule has 0 aromatic heterocycles. The van der Waals surface area contributed by atoms with Gasteiger partial charge < -0.3 is 14.8 Å². The Kier molecular flexibility index (Phi) is 7.10. The summed E-state index contributed by atoms with van der Waals surface area (Å²) >= 11 is 0. The molecule has 172 valence electrons. The van der Waals surface area contributed by atoms with Gasteiger partial charge in [-0.25, -0.2) is 8.42 Å². The maximum absolute atomic E-state index is 12.5. The van der Waals surface area contributed by atoms with Crippen LogP contribution in [0.4, 0.5) is 11.4 Å². The van der Waals surface area contributed by atoms with Gasteiger partial charge in [-0.3, -0.25) is 9.52 Å². The summed E-state index contributed by atoms with van der Waals surface area (Å²) in [7, 11) is -3.73. The second-order valence-electron chi connectivity index (χ2n) is 7.19. The SMILES string of the molecule is O=C(COc1ccc(S(=O)(=O)Nc2ccccc2)cc1)Nc1ccccc1Oc1ccccc1. The molecule has 0 radical (unpaired) electrons. The maximum atomic E-state index is 12.5. The van der Waals surface area contributed by atoms with Gasteiger partial charge in [0.2, 0.25) is 0 Å². The Morgan fingerprint density at radius 3 is 2.03 bits per heavy atom. The molecule has 0 aliphatic heterocycles. The predicted octanol–water partition coefficient (Wildman–Crippen LogP) is 5.30. The molecular formula is C26H22N2O5S. The molecule has 0 fully saturated rings. The third-order valence-corrected chi connectivity index (χ3v) is 6.06. The zero-order valence-electron chi connectivity index (χ0n) is 18.0. The highest BCUT2D eigenvalue weighted by atomic mass is 32.2. The number of hydrogen-bond donors (Lipinski definition) is 2. The molecule has 0 bridgehead atoms. The first kappa shape index (κ1) is 22.9. The highest BCUT2D eigenvalue weighted by Gasteiger charge is 2.14. The molecule has 0 aliphatic carbocycles. The van der Waals surface area contributed by atoms with Gasteiger partial charge in [-0.15, -0.1) is 0 Å². The van der Waals surface area contributed by atoms with E-state index in [-0.39, 0.29) is 17.4 Å². The molecule has 7 nitrogen and oxygen atoms in total. The van der Waals surface area contributed by atoms with Gasteiger partial charge >= 0.3 is 0 Å². The van der Waals surface area contributed by atoms with E-state index in [9.17, 15) is 13.2 Å². The van der Waals surface area contributed by atoms with E-state index < -0.39 is 10.0 Å². The van der Waals surface area contributed by atoms with Crippen LogP contribution in [0.1, 0.15) is 0 Å². The van der Waals surface area contributed by atoms with Gasteiger partial charge in [-0.05, 0) is 60.7 Å². The highest BCUT2D eigenvalue weighted by Crippen LogP contribution is 2.29. The number of benzene rings is 4. The lowest BCUT2D eigenvalue weighted by atomic mass is 10.3. The number of para-hydroxylation sites is 4. The predicted molar refractivity (Wildman–Crippen MR) is 131 cm³/mol. The van der Waals surface area contributed by atoms with Crippen molar-refractivity contribution in [1.82, 2.24) is 0 Å². The van der Waals surface area contributed by atoms with Gasteiger partial charge in [0, 0.05) is 5.69 Å². The third-order valence-electron chi connectivity index (χ3n) is 4.66. The maximum Gasteiger partial charge on any atom is 0.262 e. The van der Waals surface area contributed by atoms with Gasteiger partial charge in [0.25, 0.3) is 15.9 Å². The summed E-state index contributed by atoms with van der Waals surface area (Å²) in [6.07, 6.45) is 0. The Morgan fingerprint density at radius 2 is 1.32 bits per heavy atom. The molecule has 0 heterocycles. The van der Waals surface area contributed by atoms with Crippen LogP contribution in [0.5, 0.6) is 17.2 Å². The van der Waals surface area contributed by atoms with Gasteiger partial charge in [-0.2, -0.15) is 0 Å². The minimum Gasteiger partial charge on any atom is -0.484 e. The quantitative estimate of drug-likeness (QED) is 0.343. The fourth-order valence-electron chi connectivity index (χ4n) is 3.04. The number of carbonyl (C=O) groups is 1. The first-order valence-corrected chi connectivity index (χ1v) is 11.9. The lowest BCUT2D eigenvalue weighted by Gasteiger charge is -2.13. The number of carbonyl (C=O) groups excluding carboxylic acids is 1. The zero-order valence-corrected chi connectivity index (χ0v) is 18.9. The summed E-state index contributed by atoms with van der Waals surface area (Å²) in [6, 6.07) is 30.8. The van der Waals surface area contributed by atoms with E-state index in [0.29, 0.717) is 28.6 Å². The average Bonchev–Trinajstić information content (AvgIpc) is 2.85. The van der Waals surface area contributed by atoms with Crippen molar-refractivity contribution in [2.45, 2.75) is 4.90 Å². The van der Waals surface area contributed by atoms with Crippen molar-refractivity contribution in [3.63, 3.8) is 0 Å². The van der Waals surface area contributed by atoms with Crippen LogP contribution in [0.2, 0.25) is 0 Å². The second-order valence-corrected chi connectivity index (χ2v) is 8.87. The van der Waals surface area contributed by atoms with Crippen LogP contribution in [0.3, 0.4) is 0 Å². The molecule has 0 saturated heterocycles. The highest BCUT2D eigenvalue weighted by molar-refractivity contribution is 7.92. The van der Waals surface area contributed by atoms with E-state index in [2.05, 4.69) is 10.0 Å². The summed E-state index contributed by atoms with van der Waals surface area (Å²) < 4.78 is 38.9. The summed E-state index contributed by atoms with van der Waals surface area (Å²) in [4.78, 5) is 12.5. The molecule has 8 heteroatoms. The minimum absolute atomic E-state index is 0.0835. The molecule has 0 spiro atoms. The van der Waals surface area contributed by atoms with Crippen molar-refractivity contribution < 1.29 is 22.7 Å². The molecule has 1 amide bonds. The number of rotatable bonds is 9. The first-order valence-electron chi connectivity index (χ1n) is 10.4. The first-order chi connectivity index (χ1) is 16.5. The van der Waals surface area contributed by atoms with Gasteiger partial charge in [0.05, 0.1) is 10.6 Å². The largest absolute Gasteiger partial charge is 0.484 e. The zero-order chi connectivity index (χ0) is 23.8. The Morgan fingerprint density at radius 1 is 0.706 bits per heavy atom. The van der Waals surface area contributed by atoms with Gasteiger partial charge in [-0.1, -0.05) is 48.5 Å².